The van der Waals surface area contributed by atoms with Gasteiger partial charge in [0.05, 0.1) is 11.7 Å². The van der Waals surface area contributed by atoms with Crippen LogP contribution in [0, 0.1) is 11.8 Å². The molecule has 0 bridgehead atoms. The van der Waals surface area contributed by atoms with Crippen molar-refractivity contribution in [2.75, 3.05) is 6.61 Å². The van der Waals surface area contributed by atoms with Crippen molar-refractivity contribution in [2.45, 2.75) is 25.0 Å². The van der Waals surface area contributed by atoms with E-state index in [0.29, 0.717) is 11.5 Å². The van der Waals surface area contributed by atoms with Gasteiger partial charge in [-0.15, -0.1) is 0 Å². The predicted molar refractivity (Wildman–Crippen MR) is 94.8 cm³/mol. The molecule has 1 saturated carbocycles. The van der Waals surface area contributed by atoms with Crippen LogP contribution in [0.4, 0.5) is 0 Å². The third kappa shape index (κ3) is 3.10. The van der Waals surface area contributed by atoms with Gasteiger partial charge in [0.15, 0.2) is 0 Å². The van der Waals surface area contributed by atoms with Crippen LogP contribution in [0.5, 0.6) is 0 Å². The minimum Gasteiger partial charge on any atom is -0.377 e. The highest BCUT2D eigenvalue weighted by Crippen LogP contribution is 2.45. The van der Waals surface area contributed by atoms with Gasteiger partial charge in [-0.25, -0.2) is 0 Å². The Morgan fingerprint density at radius 3 is 2.88 bits per heavy atom. The summed E-state index contributed by atoms with van der Waals surface area (Å²) in [6.45, 7) is 0.747. The summed E-state index contributed by atoms with van der Waals surface area (Å²) in [6.07, 6.45) is 3.45. The van der Waals surface area contributed by atoms with E-state index in [2.05, 4.69) is 22.4 Å². The van der Waals surface area contributed by atoms with E-state index in [1.54, 1.807) is 0 Å². The van der Waals surface area contributed by atoms with Crippen molar-refractivity contribution < 1.29 is 9.53 Å². The number of aromatic amines is 1. The van der Waals surface area contributed by atoms with E-state index in [1.807, 2.05) is 18.2 Å². The topological polar surface area (TPSA) is 71.2 Å². The van der Waals surface area contributed by atoms with Gasteiger partial charge < -0.3 is 15.0 Å². The molecule has 2 N–H and O–H groups in total. The van der Waals surface area contributed by atoms with Crippen LogP contribution in [-0.2, 0) is 11.2 Å². The maximum atomic E-state index is 12.6. The Morgan fingerprint density at radius 1 is 1.32 bits per heavy atom. The number of ether oxygens (including phenoxy) is 1. The molecule has 130 valence electrons. The zero-order valence-electron chi connectivity index (χ0n) is 13.6. The molecule has 2 aliphatic rings. The van der Waals surface area contributed by atoms with Gasteiger partial charge in [-0.2, -0.15) is 0 Å². The molecule has 2 fully saturated rings. The number of benzene rings is 1. The Balaban J connectivity index is 1.50. The summed E-state index contributed by atoms with van der Waals surface area (Å²) in [5, 5.41) is 3.14. The maximum absolute atomic E-state index is 12.6. The number of nitrogens with one attached hydrogen (secondary N) is 2. The van der Waals surface area contributed by atoms with E-state index < -0.39 is 5.56 Å². The molecule has 1 aliphatic heterocycles. The summed E-state index contributed by atoms with van der Waals surface area (Å²) in [5.41, 5.74) is 1.21. The lowest BCUT2D eigenvalue weighted by molar-refractivity contribution is -0.0528. The van der Waals surface area contributed by atoms with Gasteiger partial charge in [-0.1, -0.05) is 41.9 Å². The predicted octanol–water partition coefficient (Wildman–Crippen LogP) is 2.40. The number of rotatable bonds is 4. The van der Waals surface area contributed by atoms with Gasteiger partial charge >= 0.3 is 0 Å². The highest BCUT2D eigenvalue weighted by atomic mass is 35.5. The molecule has 0 radical (unpaired) electrons. The first-order valence-corrected chi connectivity index (χ1v) is 8.86. The van der Waals surface area contributed by atoms with E-state index in [4.69, 9.17) is 16.3 Å². The molecule has 6 heteroatoms. The number of pyridine rings is 1. The fourth-order valence-corrected chi connectivity index (χ4v) is 4.17. The molecule has 1 aromatic heterocycles. The van der Waals surface area contributed by atoms with Gasteiger partial charge in [-0.3, -0.25) is 9.59 Å². The fraction of sp³-hybridized carbons (Fsp3) is 0.368. The van der Waals surface area contributed by atoms with Gasteiger partial charge in [0.2, 0.25) is 0 Å². The number of carbonyl (C=O) groups excluding carboxylic acids is 1. The Hall–Kier alpha value is -2.11. The second kappa shape index (κ2) is 6.65. The number of carbonyl (C=O) groups is 1. The molecule has 1 aliphatic carbocycles. The Morgan fingerprint density at radius 2 is 2.12 bits per heavy atom. The van der Waals surface area contributed by atoms with Crippen molar-refractivity contribution in [1.29, 1.82) is 0 Å². The Bertz CT molecular complexity index is 836. The molecular formula is C19H19ClN2O3. The Kier molecular flexibility index (Phi) is 4.36. The summed E-state index contributed by atoms with van der Waals surface area (Å²) in [7, 11) is 0. The van der Waals surface area contributed by atoms with E-state index in [1.165, 1.54) is 17.8 Å². The zero-order chi connectivity index (χ0) is 17.4. The smallest absolute Gasteiger partial charge is 0.266 e. The van der Waals surface area contributed by atoms with Crippen LogP contribution in [0.1, 0.15) is 22.3 Å². The number of halogens is 1. The van der Waals surface area contributed by atoms with Gasteiger partial charge in [0.1, 0.15) is 5.02 Å². The first-order chi connectivity index (χ1) is 12.1. The molecule has 1 aromatic carbocycles. The number of aromatic nitrogens is 1. The van der Waals surface area contributed by atoms with Gasteiger partial charge in [-0.05, 0) is 24.5 Å². The maximum Gasteiger partial charge on any atom is 0.266 e. The number of fused-ring (bicyclic) bond motifs is 1. The fourth-order valence-electron chi connectivity index (χ4n) is 3.99. The minimum atomic E-state index is -0.395. The van der Waals surface area contributed by atoms with Crippen LogP contribution in [-0.4, -0.2) is 29.6 Å². The summed E-state index contributed by atoms with van der Waals surface area (Å²) >= 11 is 5.82. The average Bonchev–Trinajstić information content (AvgIpc) is 3.05. The first kappa shape index (κ1) is 16.4. The molecular weight excluding hydrogens is 340 g/mol. The monoisotopic (exact) mass is 358 g/mol. The molecule has 5 nitrogen and oxygen atoms in total. The molecule has 25 heavy (non-hydrogen) atoms. The average molecular weight is 359 g/mol. The third-order valence-electron chi connectivity index (χ3n) is 5.26. The van der Waals surface area contributed by atoms with Crippen LogP contribution in [0.3, 0.4) is 0 Å². The van der Waals surface area contributed by atoms with Crippen LogP contribution in [0.2, 0.25) is 5.02 Å². The van der Waals surface area contributed by atoms with Crippen LogP contribution in [0.25, 0.3) is 0 Å². The van der Waals surface area contributed by atoms with Gasteiger partial charge in [0, 0.05) is 30.7 Å². The zero-order valence-corrected chi connectivity index (χ0v) is 14.3. The molecule has 0 spiro atoms. The lowest BCUT2D eigenvalue weighted by atomic mass is 9.64. The number of H-pyrrole nitrogens is 1. The van der Waals surface area contributed by atoms with E-state index in [0.717, 1.165) is 19.4 Å². The quantitative estimate of drug-likeness (QED) is 0.881. The molecule has 1 amide bonds. The van der Waals surface area contributed by atoms with Crippen molar-refractivity contribution in [3.63, 3.8) is 0 Å². The van der Waals surface area contributed by atoms with E-state index in [-0.39, 0.29) is 29.0 Å². The second-order valence-corrected chi connectivity index (χ2v) is 7.11. The normalized spacial score (nSPS) is 27.4. The standard InChI is InChI=1S/C19H19ClN2O3/c20-15-9-12(10-21-19(15)24)18(23)22-16-13-6-7-25-17(13)14(16)8-11-4-2-1-3-5-11/h1-5,9-10,13-14,16-17H,6-8H2,(H,21,24)(H,22,23)/t13-,14+,16-,17-/m0/s1. The molecule has 2 aromatic rings. The first-order valence-electron chi connectivity index (χ1n) is 8.48. The van der Waals surface area contributed by atoms with Crippen LogP contribution in [0.15, 0.2) is 47.4 Å². The van der Waals surface area contributed by atoms with Crippen molar-refractivity contribution in [2.24, 2.45) is 11.8 Å². The van der Waals surface area contributed by atoms with E-state index >= 15 is 0 Å². The van der Waals surface area contributed by atoms with Crippen molar-refractivity contribution in [3.8, 4) is 0 Å². The highest BCUT2D eigenvalue weighted by molar-refractivity contribution is 6.30. The molecule has 1 saturated heterocycles. The van der Waals surface area contributed by atoms with Crippen molar-refractivity contribution in [3.05, 3.63) is 69.1 Å². The molecule has 4 rings (SSSR count). The SMILES string of the molecule is O=C(N[C@@H]1[C@@H](Cc2ccccc2)[C@H]2OCC[C@@H]12)c1c[nH]c(=O)c(Cl)c1. The third-order valence-corrected chi connectivity index (χ3v) is 5.54. The lowest BCUT2D eigenvalue weighted by Crippen LogP contribution is -2.62. The summed E-state index contributed by atoms with van der Waals surface area (Å²) in [4.78, 5) is 26.4. The van der Waals surface area contributed by atoms with Crippen molar-refractivity contribution >= 4 is 17.5 Å². The number of amides is 1. The van der Waals surface area contributed by atoms with Crippen LogP contribution < -0.4 is 10.9 Å². The summed E-state index contributed by atoms with van der Waals surface area (Å²) in [6, 6.07) is 11.7. The number of hydrogen-bond acceptors (Lipinski definition) is 3. The second-order valence-electron chi connectivity index (χ2n) is 6.71. The lowest BCUT2D eigenvalue weighted by Gasteiger charge is -2.48. The highest BCUT2D eigenvalue weighted by Gasteiger charge is 2.54. The molecule has 2 heterocycles. The largest absolute Gasteiger partial charge is 0.377 e. The van der Waals surface area contributed by atoms with E-state index in [9.17, 15) is 9.59 Å². The minimum absolute atomic E-state index is 0.0178. The Labute approximate surface area is 150 Å². The number of hydrogen-bond donors (Lipinski definition) is 2. The van der Waals surface area contributed by atoms with Gasteiger partial charge in [0.25, 0.3) is 11.5 Å². The molecule has 0 unspecified atom stereocenters. The molecule has 4 atom stereocenters. The van der Waals surface area contributed by atoms with Crippen molar-refractivity contribution in [1.82, 2.24) is 10.3 Å². The summed E-state index contributed by atoms with van der Waals surface area (Å²) in [5.74, 6) is 0.402. The summed E-state index contributed by atoms with van der Waals surface area (Å²) < 4.78 is 5.87. The van der Waals surface area contributed by atoms with Crippen LogP contribution >= 0.6 is 11.6 Å².